The molecule has 0 amide bonds. The first-order valence-corrected chi connectivity index (χ1v) is 6.59. The van der Waals surface area contributed by atoms with Crippen LogP contribution in [0.2, 0.25) is 0 Å². The number of aliphatic hydroxyl groups is 1. The van der Waals surface area contributed by atoms with Crippen molar-refractivity contribution in [2.75, 3.05) is 0 Å². The summed E-state index contributed by atoms with van der Waals surface area (Å²) < 4.78 is 2.50. The van der Waals surface area contributed by atoms with Crippen LogP contribution in [0.1, 0.15) is 31.0 Å². The Hall–Kier alpha value is -1.46. The molecule has 1 aromatic carbocycles. The maximum atomic E-state index is 10.0. The maximum absolute atomic E-state index is 10.0. The molecule has 1 heterocycles. The Bertz CT molecular complexity index is 590. The normalized spacial score (nSPS) is 23.4. The van der Waals surface area contributed by atoms with Crippen LogP contribution in [0.15, 0.2) is 30.3 Å². The van der Waals surface area contributed by atoms with Gasteiger partial charge in [0.25, 0.3) is 0 Å². The number of H-pyrrole nitrogens is 1. The molecule has 2 N–H and O–H groups in total. The number of aliphatic hydroxyl groups excluding tert-OH is 1. The van der Waals surface area contributed by atoms with Gasteiger partial charge < -0.3 is 5.11 Å². The second-order valence-electron chi connectivity index (χ2n) is 4.66. The molecule has 1 saturated carbocycles. The Labute approximate surface area is 110 Å². The average molecular weight is 261 g/mol. The molecule has 0 saturated heterocycles. The number of para-hydroxylation sites is 1. The molecule has 1 fully saturated rings. The molecule has 0 spiro atoms. The summed E-state index contributed by atoms with van der Waals surface area (Å²) in [7, 11) is 0. The molecule has 0 aliphatic heterocycles. The highest BCUT2D eigenvalue weighted by Crippen LogP contribution is 2.34. The number of nitrogens with zero attached hydrogens (tertiary/aromatic N) is 2. The fourth-order valence-corrected chi connectivity index (χ4v) is 2.87. The molecule has 18 heavy (non-hydrogen) atoms. The highest BCUT2D eigenvalue weighted by molar-refractivity contribution is 7.71. The van der Waals surface area contributed by atoms with Gasteiger partial charge in [0.05, 0.1) is 6.10 Å². The minimum absolute atomic E-state index is 0.0816. The summed E-state index contributed by atoms with van der Waals surface area (Å²) in [4.78, 5) is 0. The lowest BCUT2D eigenvalue weighted by Gasteiger charge is -2.15. The van der Waals surface area contributed by atoms with Gasteiger partial charge >= 0.3 is 0 Å². The van der Waals surface area contributed by atoms with Gasteiger partial charge in [-0.25, -0.2) is 0 Å². The molecule has 5 heteroatoms. The summed E-state index contributed by atoms with van der Waals surface area (Å²) in [5.41, 5.74) is 0.991. The zero-order chi connectivity index (χ0) is 12.5. The predicted octanol–water partition coefficient (Wildman–Crippen LogP) is 2.56. The fourth-order valence-electron chi connectivity index (χ4n) is 2.63. The smallest absolute Gasteiger partial charge is 0.199 e. The highest BCUT2D eigenvalue weighted by atomic mass is 32.1. The van der Waals surface area contributed by atoms with Crippen LogP contribution in [-0.2, 0) is 0 Å². The molecular weight excluding hydrogens is 246 g/mol. The first kappa shape index (κ1) is 11.6. The topological polar surface area (TPSA) is 53.8 Å². The summed E-state index contributed by atoms with van der Waals surface area (Å²) in [6.45, 7) is 0. The summed E-state index contributed by atoms with van der Waals surface area (Å²) in [5.74, 6) is 0.925. The van der Waals surface area contributed by atoms with Gasteiger partial charge in [-0.15, -0.1) is 0 Å². The third kappa shape index (κ3) is 1.89. The van der Waals surface area contributed by atoms with Crippen molar-refractivity contribution in [3.05, 3.63) is 40.9 Å². The minimum Gasteiger partial charge on any atom is -0.392 e. The SMILES string of the molecule is O[C@@H]1CCC[C@@H]1c1n[nH]c(=S)n1-c1ccccc1. The molecule has 1 aliphatic rings. The summed E-state index contributed by atoms with van der Waals surface area (Å²) in [6.07, 6.45) is 2.55. The van der Waals surface area contributed by atoms with Gasteiger partial charge in [-0.1, -0.05) is 24.6 Å². The third-order valence-electron chi connectivity index (χ3n) is 3.52. The van der Waals surface area contributed by atoms with E-state index in [2.05, 4.69) is 10.2 Å². The number of hydrogen-bond acceptors (Lipinski definition) is 3. The lowest BCUT2D eigenvalue weighted by atomic mass is 10.1. The van der Waals surface area contributed by atoms with E-state index < -0.39 is 0 Å². The van der Waals surface area contributed by atoms with Crippen molar-refractivity contribution in [3.8, 4) is 5.69 Å². The second-order valence-corrected chi connectivity index (χ2v) is 5.05. The molecule has 0 bridgehead atoms. The lowest BCUT2D eigenvalue weighted by Crippen LogP contribution is -2.16. The van der Waals surface area contributed by atoms with E-state index in [1.54, 1.807) is 0 Å². The van der Waals surface area contributed by atoms with Crippen molar-refractivity contribution in [1.82, 2.24) is 14.8 Å². The van der Waals surface area contributed by atoms with Gasteiger partial charge in [-0.05, 0) is 37.2 Å². The highest BCUT2D eigenvalue weighted by Gasteiger charge is 2.31. The van der Waals surface area contributed by atoms with E-state index in [0.717, 1.165) is 30.8 Å². The quantitative estimate of drug-likeness (QED) is 0.817. The molecule has 2 aromatic rings. The van der Waals surface area contributed by atoms with Crippen molar-refractivity contribution in [2.24, 2.45) is 0 Å². The molecule has 3 rings (SSSR count). The van der Waals surface area contributed by atoms with E-state index in [1.807, 2.05) is 34.9 Å². The van der Waals surface area contributed by atoms with E-state index in [0.29, 0.717) is 4.77 Å². The molecule has 4 nitrogen and oxygen atoms in total. The number of hydrogen-bond donors (Lipinski definition) is 2. The zero-order valence-corrected chi connectivity index (χ0v) is 10.7. The first-order chi connectivity index (χ1) is 8.77. The van der Waals surface area contributed by atoms with Crippen molar-refractivity contribution < 1.29 is 5.11 Å². The molecule has 0 unspecified atom stereocenters. The van der Waals surface area contributed by atoms with Crippen molar-refractivity contribution in [1.29, 1.82) is 0 Å². The lowest BCUT2D eigenvalue weighted by molar-refractivity contribution is 0.160. The Morgan fingerprint density at radius 2 is 2.06 bits per heavy atom. The van der Waals surface area contributed by atoms with Crippen LogP contribution >= 0.6 is 12.2 Å². The van der Waals surface area contributed by atoms with Gasteiger partial charge in [-0.3, -0.25) is 9.67 Å². The van der Waals surface area contributed by atoms with Crippen LogP contribution in [0.4, 0.5) is 0 Å². The van der Waals surface area contributed by atoms with Crippen molar-refractivity contribution >= 4 is 12.2 Å². The molecular formula is C13H15N3OS. The maximum Gasteiger partial charge on any atom is 0.199 e. The van der Waals surface area contributed by atoms with Gasteiger partial charge in [0, 0.05) is 11.6 Å². The van der Waals surface area contributed by atoms with Crippen LogP contribution in [0, 0.1) is 4.77 Å². The Balaban J connectivity index is 2.10. The summed E-state index contributed by atoms with van der Waals surface area (Å²) >= 11 is 5.29. The van der Waals surface area contributed by atoms with Crippen LogP contribution < -0.4 is 0 Å². The monoisotopic (exact) mass is 261 g/mol. The number of benzene rings is 1. The third-order valence-corrected chi connectivity index (χ3v) is 3.80. The van der Waals surface area contributed by atoms with Crippen molar-refractivity contribution in [3.63, 3.8) is 0 Å². The van der Waals surface area contributed by atoms with Crippen LogP contribution in [0.5, 0.6) is 0 Å². The largest absolute Gasteiger partial charge is 0.392 e. The van der Waals surface area contributed by atoms with E-state index in [4.69, 9.17) is 12.2 Å². The summed E-state index contributed by atoms with van der Waals surface area (Å²) in [6, 6.07) is 9.90. The average Bonchev–Trinajstić information content (AvgIpc) is 2.96. The number of rotatable bonds is 2. The summed E-state index contributed by atoms with van der Waals surface area (Å²) in [5, 5.41) is 17.2. The van der Waals surface area contributed by atoms with Gasteiger partial charge in [0.1, 0.15) is 5.82 Å². The molecule has 1 aliphatic carbocycles. The first-order valence-electron chi connectivity index (χ1n) is 6.18. The number of aromatic amines is 1. The van der Waals surface area contributed by atoms with Gasteiger partial charge in [0.2, 0.25) is 0 Å². The van der Waals surface area contributed by atoms with E-state index >= 15 is 0 Å². The van der Waals surface area contributed by atoms with Gasteiger partial charge in [0.15, 0.2) is 4.77 Å². The molecule has 0 radical (unpaired) electrons. The molecule has 1 aromatic heterocycles. The zero-order valence-electron chi connectivity index (χ0n) is 9.91. The van der Waals surface area contributed by atoms with E-state index in [-0.39, 0.29) is 12.0 Å². The number of nitrogens with one attached hydrogen (secondary N) is 1. The van der Waals surface area contributed by atoms with E-state index in [9.17, 15) is 5.11 Å². The predicted molar refractivity (Wildman–Crippen MR) is 71.3 cm³/mol. The van der Waals surface area contributed by atoms with E-state index in [1.165, 1.54) is 0 Å². The van der Waals surface area contributed by atoms with Crippen LogP contribution in [-0.4, -0.2) is 26.0 Å². The second kappa shape index (κ2) is 4.66. The molecule has 2 atom stereocenters. The Kier molecular flexibility index (Phi) is 3.01. The number of aromatic nitrogens is 3. The van der Waals surface area contributed by atoms with Crippen molar-refractivity contribution in [2.45, 2.75) is 31.3 Å². The van der Waals surface area contributed by atoms with Gasteiger partial charge in [-0.2, -0.15) is 5.10 Å². The van der Waals surface area contributed by atoms with Crippen LogP contribution in [0.3, 0.4) is 0 Å². The standard InChI is InChI=1S/C13H15N3OS/c17-11-8-4-7-10(11)12-14-15-13(18)16(12)9-5-2-1-3-6-9/h1-3,5-6,10-11,17H,4,7-8H2,(H,15,18)/t10-,11+/m0/s1. The van der Waals surface area contributed by atoms with Crippen LogP contribution in [0.25, 0.3) is 5.69 Å². The fraction of sp³-hybridized carbons (Fsp3) is 0.385. The Morgan fingerprint density at radius 1 is 1.28 bits per heavy atom. The molecule has 94 valence electrons. The Morgan fingerprint density at radius 3 is 2.72 bits per heavy atom. The minimum atomic E-state index is -0.308.